The lowest BCUT2D eigenvalue weighted by Gasteiger charge is -2.03. The van der Waals surface area contributed by atoms with E-state index in [0.717, 1.165) is 11.3 Å². The number of carbonyl (C=O) groups excluding carboxylic acids is 2. The number of methoxy groups -OCH3 is 1. The number of carbonyl (C=O) groups is 2. The highest BCUT2D eigenvalue weighted by molar-refractivity contribution is 7.13. The Morgan fingerprint density at radius 2 is 1.97 bits per heavy atom. The Kier molecular flexibility index (Phi) is 6.64. The van der Waals surface area contributed by atoms with Crippen molar-refractivity contribution in [3.8, 4) is 5.75 Å². The molecular weight excluding hydrogens is 397 g/mol. The summed E-state index contributed by atoms with van der Waals surface area (Å²) < 4.78 is 23.2. The molecule has 2 aromatic carbocycles. The highest BCUT2D eigenvalue weighted by atomic mass is 32.1. The Balaban J connectivity index is 1.51. The summed E-state index contributed by atoms with van der Waals surface area (Å²) in [4.78, 5) is 24.0. The van der Waals surface area contributed by atoms with Crippen molar-refractivity contribution < 1.29 is 23.5 Å². The van der Waals surface area contributed by atoms with Crippen LogP contribution >= 0.6 is 11.3 Å². The Bertz CT molecular complexity index is 1030. The number of benzene rings is 2. The largest absolute Gasteiger partial charge is 0.497 e. The number of ether oxygens (including phenoxy) is 2. The molecule has 0 aliphatic heterocycles. The van der Waals surface area contributed by atoms with Crippen molar-refractivity contribution in [1.29, 1.82) is 0 Å². The molecule has 1 aromatic heterocycles. The average molecular weight is 413 g/mol. The molecule has 0 saturated carbocycles. The van der Waals surface area contributed by atoms with Gasteiger partial charge in [-0.25, -0.2) is 9.18 Å². The molecule has 3 rings (SSSR count). The summed E-state index contributed by atoms with van der Waals surface area (Å²) >= 11 is 1.02. The quantitative estimate of drug-likeness (QED) is 0.469. The van der Waals surface area contributed by atoms with Crippen molar-refractivity contribution >= 4 is 35.0 Å². The lowest BCUT2D eigenvalue weighted by molar-refractivity contribution is -0.138. The standard InChI is InChI=1S/C20H16FN3O4S/c1-27-16-8-6-15(7-9-16)22-19(26)20-24-23-17(29-20)12-28-18(25)10-5-13-3-2-4-14(21)11-13/h2-11H,12H2,1H3,(H,22,26)/b10-5+. The van der Waals surface area contributed by atoms with Gasteiger partial charge in [0.1, 0.15) is 18.2 Å². The van der Waals surface area contributed by atoms with Crippen molar-refractivity contribution in [3.05, 3.63) is 76.0 Å². The second-order valence-corrected chi connectivity index (χ2v) is 6.74. The number of nitrogens with zero attached hydrogens (tertiary/aromatic N) is 2. The number of aromatic nitrogens is 2. The summed E-state index contributed by atoms with van der Waals surface area (Å²) in [5.74, 6) is -0.755. The Morgan fingerprint density at radius 1 is 1.17 bits per heavy atom. The zero-order valence-electron chi connectivity index (χ0n) is 15.3. The summed E-state index contributed by atoms with van der Waals surface area (Å²) in [7, 11) is 1.56. The molecular formula is C20H16FN3O4S. The van der Waals surface area contributed by atoms with Gasteiger partial charge in [0.2, 0.25) is 5.01 Å². The van der Waals surface area contributed by atoms with E-state index < -0.39 is 17.7 Å². The van der Waals surface area contributed by atoms with Crippen LogP contribution in [0.1, 0.15) is 20.4 Å². The monoisotopic (exact) mass is 413 g/mol. The molecule has 0 bridgehead atoms. The van der Waals surface area contributed by atoms with Gasteiger partial charge in [0, 0.05) is 11.8 Å². The van der Waals surface area contributed by atoms with Gasteiger partial charge in [-0.2, -0.15) is 0 Å². The van der Waals surface area contributed by atoms with Crippen LogP contribution in [0.15, 0.2) is 54.6 Å². The SMILES string of the molecule is COc1ccc(NC(=O)c2nnc(COC(=O)/C=C/c3cccc(F)c3)s2)cc1. The predicted octanol–water partition coefficient (Wildman–Crippen LogP) is 3.69. The number of amides is 1. The highest BCUT2D eigenvalue weighted by Gasteiger charge is 2.14. The van der Waals surface area contributed by atoms with Crippen LogP contribution in [0.2, 0.25) is 0 Å². The Morgan fingerprint density at radius 3 is 2.69 bits per heavy atom. The summed E-state index contributed by atoms with van der Waals surface area (Å²) in [5.41, 5.74) is 1.12. The first-order valence-corrected chi connectivity index (χ1v) is 9.23. The van der Waals surface area contributed by atoms with Gasteiger partial charge in [-0.1, -0.05) is 23.5 Å². The molecule has 1 amide bonds. The van der Waals surface area contributed by atoms with E-state index in [1.54, 1.807) is 43.5 Å². The molecule has 29 heavy (non-hydrogen) atoms. The number of halogens is 1. The van der Waals surface area contributed by atoms with Crippen LogP contribution in [-0.2, 0) is 16.1 Å². The maximum Gasteiger partial charge on any atom is 0.331 e. The minimum absolute atomic E-state index is 0.125. The summed E-state index contributed by atoms with van der Waals surface area (Å²) in [6.45, 7) is -0.125. The number of hydrogen-bond acceptors (Lipinski definition) is 7. The maximum atomic E-state index is 13.1. The van der Waals surface area contributed by atoms with Crippen molar-refractivity contribution in [1.82, 2.24) is 10.2 Å². The second-order valence-electron chi connectivity index (χ2n) is 5.68. The average Bonchev–Trinajstić information content (AvgIpc) is 3.21. The minimum Gasteiger partial charge on any atom is -0.497 e. The fourth-order valence-electron chi connectivity index (χ4n) is 2.22. The van der Waals surface area contributed by atoms with Crippen LogP contribution in [0.3, 0.4) is 0 Å². The molecule has 0 saturated heterocycles. The zero-order valence-corrected chi connectivity index (χ0v) is 16.1. The van der Waals surface area contributed by atoms with E-state index in [1.807, 2.05) is 0 Å². The maximum absolute atomic E-state index is 13.1. The molecule has 0 unspecified atom stereocenters. The fourth-order valence-corrected chi connectivity index (χ4v) is 2.87. The number of anilines is 1. The summed E-state index contributed by atoms with van der Waals surface area (Å²) in [6.07, 6.45) is 2.63. The molecule has 7 nitrogen and oxygen atoms in total. The van der Waals surface area contributed by atoms with Crippen LogP contribution in [0.5, 0.6) is 5.75 Å². The first-order chi connectivity index (χ1) is 14.0. The first-order valence-electron chi connectivity index (χ1n) is 8.41. The summed E-state index contributed by atoms with van der Waals surface area (Å²) in [5, 5.41) is 10.9. The van der Waals surface area contributed by atoms with Gasteiger partial charge in [0.05, 0.1) is 7.11 Å². The number of nitrogens with one attached hydrogen (secondary N) is 1. The van der Waals surface area contributed by atoms with Gasteiger partial charge < -0.3 is 14.8 Å². The molecule has 0 aliphatic rings. The van der Waals surface area contributed by atoms with Crippen LogP contribution in [0.4, 0.5) is 10.1 Å². The minimum atomic E-state index is -0.617. The van der Waals surface area contributed by atoms with Crippen molar-refractivity contribution in [2.45, 2.75) is 6.61 Å². The molecule has 0 aliphatic carbocycles. The van der Waals surface area contributed by atoms with Crippen LogP contribution in [0.25, 0.3) is 6.08 Å². The summed E-state index contributed by atoms with van der Waals surface area (Å²) in [6, 6.07) is 12.6. The third kappa shape index (κ3) is 5.94. The van der Waals surface area contributed by atoms with E-state index in [2.05, 4.69) is 15.5 Å². The van der Waals surface area contributed by atoms with Gasteiger partial charge >= 0.3 is 5.97 Å². The van der Waals surface area contributed by atoms with E-state index in [-0.39, 0.29) is 11.6 Å². The highest BCUT2D eigenvalue weighted by Crippen LogP contribution is 2.17. The molecule has 0 radical (unpaired) electrons. The molecule has 0 spiro atoms. The molecule has 9 heteroatoms. The Labute approximate surface area is 169 Å². The lowest BCUT2D eigenvalue weighted by atomic mass is 10.2. The van der Waals surface area contributed by atoms with Gasteiger partial charge in [-0.05, 0) is 48.0 Å². The lowest BCUT2D eigenvalue weighted by Crippen LogP contribution is -2.11. The van der Waals surface area contributed by atoms with E-state index in [4.69, 9.17) is 9.47 Å². The molecule has 0 fully saturated rings. The van der Waals surface area contributed by atoms with Crippen LogP contribution < -0.4 is 10.1 Å². The van der Waals surface area contributed by atoms with Gasteiger partial charge in [-0.15, -0.1) is 10.2 Å². The van der Waals surface area contributed by atoms with E-state index in [1.165, 1.54) is 24.3 Å². The molecule has 0 atom stereocenters. The normalized spacial score (nSPS) is 10.7. The number of hydrogen-bond donors (Lipinski definition) is 1. The first kappa shape index (κ1) is 20.2. The second kappa shape index (κ2) is 9.56. The van der Waals surface area contributed by atoms with Gasteiger partial charge in [0.15, 0.2) is 5.01 Å². The van der Waals surface area contributed by atoms with Crippen molar-refractivity contribution in [2.75, 3.05) is 12.4 Å². The van der Waals surface area contributed by atoms with Crippen molar-refractivity contribution in [3.63, 3.8) is 0 Å². The fraction of sp³-hybridized carbons (Fsp3) is 0.100. The van der Waals surface area contributed by atoms with Crippen molar-refractivity contribution in [2.24, 2.45) is 0 Å². The zero-order chi connectivity index (χ0) is 20.6. The topological polar surface area (TPSA) is 90.4 Å². The number of rotatable bonds is 7. The third-order valence-corrected chi connectivity index (χ3v) is 4.50. The van der Waals surface area contributed by atoms with Crippen LogP contribution in [0, 0.1) is 5.82 Å². The Hall–Kier alpha value is -3.59. The molecule has 1 heterocycles. The predicted molar refractivity (Wildman–Crippen MR) is 106 cm³/mol. The van der Waals surface area contributed by atoms with E-state index in [0.29, 0.717) is 22.0 Å². The molecule has 3 aromatic rings. The van der Waals surface area contributed by atoms with E-state index in [9.17, 15) is 14.0 Å². The number of esters is 1. The molecule has 1 N–H and O–H groups in total. The third-order valence-electron chi connectivity index (χ3n) is 3.61. The van der Waals surface area contributed by atoms with Crippen LogP contribution in [-0.4, -0.2) is 29.2 Å². The van der Waals surface area contributed by atoms with E-state index >= 15 is 0 Å². The van der Waals surface area contributed by atoms with Gasteiger partial charge in [-0.3, -0.25) is 4.79 Å². The smallest absolute Gasteiger partial charge is 0.331 e. The van der Waals surface area contributed by atoms with Gasteiger partial charge in [0.25, 0.3) is 5.91 Å². The molecule has 148 valence electrons.